The van der Waals surface area contributed by atoms with E-state index in [1.54, 1.807) is 27.7 Å². The largest absolute Gasteiger partial charge is 0.508 e. The van der Waals surface area contributed by atoms with Crippen LogP contribution in [0, 0.1) is 23.7 Å². The molecule has 0 aliphatic carbocycles. The first kappa shape index (κ1) is 72.1. The Morgan fingerprint density at radius 2 is 0.878 bits per heavy atom. The fraction of sp³-hybridized carbons (Fsp3) is 0.648. The van der Waals surface area contributed by atoms with E-state index < -0.39 is 170 Å². The number of carbonyl (C=O) groups is 12. The smallest absolute Gasteiger partial charge is 0.338 e. The number of carboxylic acids is 3. The number of guanidine groups is 1. The number of benzene rings is 1. The van der Waals surface area contributed by atoms with Crippen LogP contribution in [0.1, 0.15) is 139 Å². The molecule has 28 nitrogen and oxygen atoms in total. The Morgan fingerprint density at radius 1 is 0.500 bits per heavy atom. The number of carbonyl (C=O) groups excluding carboxylic acids is 9. The van der Waals surface area contributed by atoms with Crippen LogP contribution >= 0.6 is 0 Å². The third kappa shape index (κ3) is 28.0. The molecule has 1 aromatic rings. The lowest BCUT2D eigenvalue weighted by molar-refractivity contribution is -0.459. The second kappa shape index (κ2) is 36.4. The summed E-state index contributed by atoms with van der Waals surface area (Å²) in [4.78, 5) is 162. The summed E-state index contributed by atoms with van der Waals surface area (Å²) >= 11 is 0. The molecule has 1 aromatic carbocycles. The minimum Gasteiger partial charge on any atom is -0.508 e. The van der Waals surface area contributed by atoms with Crippen molar-refractivity contribution in [3.8, 4) is 5.75 Å². The average molecular weight is 1160 g/mol. The number of carboxylic acid groups (broad SMARTS) is 3. The molecule has 0 heterocycles. The average Bonchev–Trinajstić information content (AvgIpc) is 3.39. The standard InChI is InChI=1S/C54H88N12O16/c1-10-30(8)45(53(82)62-35(12-11-23-58-54(56)57)49(78)65-44(29(6)7)52(81)63-39(31(9)67)25-28(4)5)66-50(79)38(19-22-43(73)74)60-47(76)36(17-20-41(69)70)59-48(77)37(18-21-42(71)72)61-51(80)40(26-32-13-15-33(68)16-14-32)64-46(75)34(55)24-27(2)3/h13-16,27-30,34-40,44-45,68H,10-12,17-26,55H2,1-9H3,(H,59,77)(H,60,76)(H,61,80)(H,62,82)(H,63,81)(H,64,75)(H,65,78)(H,66,79)(H,69,70)(H,71,72)(H,73,74)(H4,56,57,58)/p+1. The van der Waals surface area contributed by atoms with Gasteiger partial charge in [0.2, 0.25) is 47.3 Å². The van der Waals surface area contributed by atoms with Crippen molar-refractivity contribution < 1.29 is 83.0 Å². The van der Waals surface area contributed by atoms with Crippen molar-refractivity contribution in [3.63, 3.8) is 0 Å². The van der Waals surface area contributed by atoms with Gasteiger partial charge in [-0.05, 0) is 93.2 Å². The zero-order chi connectivity index (χ0) is 62.6. The fourth-order valence-electron chi connectivity index (χ4n) is 8.27. The van der Waals surface area contributed by atoms with Crippen molar-refractivity contribution in [1.29, 1.82) is 0 Å². The molecule has 0 spiro atoms. The van der Waals surface area contributed by atoms with E-state index in [4.69, 9.17) is 17.2 Å². The maximum Gasteiger partial charge on any atom is 0.338 e. The molecule has 8 amide bonds. The molecule has 28 heteroatoms. The van der Waals surface area contributed by atoms with Gasteiger partial charge >= 0.3 is 23.9 Å². The number of phenols is 1. The second-order valence-corrected chi connectivity index (χ2v) is 21.6. The minimum absolute atomic E-state index is 0.0204. The van der Waals surface area contributed by atoms with Crippen LogP contribution in [0.25, 0.3) is 0 Å². The second-order valence-electron chi connectivity index (χ2n) is 21.6. The number of rotatable bonds is 39. The van der Waals surface area contributed by atoms with E-state index in [2.05, 4.69) is 47.5 Å². The lowest BCUT2D eigenvalue weighted by Crippen LogP contribution is -2.78. The maximum atomic E-state index is 14.3. The van der Waals surface area contributed by atoms with E-state index in [-0.39, 0.29) is 68.0 Å². The van der Waals surface area contributed by atoms with Gasteiger partial charge in [0.15, 0.2) is 5.78 Å². The maximum absolute atomic E-state index is 14.3. The molecule has 0 saturated heterocycles. The molecule has 0 saturated carbocycles. The quantitative estimate of drug-likeness (QED) is 0.0181. The highest BCUT2D eigenvalue weighted by Crippen LogP contribution is 2.16. The van der Waals surface area contributed by atoms with Crippen LogP contribution in [0.5, 0.6) is 5.75 Å². The van der Waals surface area contributed by atoms with Crippen molar-refractivity contribution in [2.75, 3.05) is 6.54 Å². The van der Waals surface area contributed by atoms with E-state index in [1.165, 1.54) is 31.2 Å². The predicted octanol–water partition coefficient (Wildman–Crippen LogP) is -2.75. The Labute approximate surface area is 477 Å². The molecule has 82 heavy (non-hydrogen) atoms. The third-order valence-corrected chi connectivity index (χ3v) is 13.1. The summed E-state index contributed by atoms with van der Waals surface area (Å²) in [5.41, 5.74) is 17.6. The monoisotopic (exact) mass is 1160 g/mol. The fourth-order valence-corrected chi connectivity index (χ4v) is 8.27. The van der Waals surface area contributed by atoms with E-state index in [0.717, 1.165) is 0 Å². The number of nitrogens with two attached hydrogens (primary N) is 3. The topological polar surface area (TPSA) is 474 Å². The first-order valence-electron chi connectivity index (χ1n) is 27.5. The van der Waals surface area contributed by atoms with Gasteiger partial charge in [0.25, 0.3) is 0 Å². The van der Waals surface area contributed by atoms with Crippen LogP contribution in [0.4, 0.5) is 0 Å². The molecule has 10 atom stereocenters. The normalized spacial score (nSPS) is 14.8. The van der Waals surface area contributed by atoms with Crippen molar-refractivity contribution in [3.05, 3.63) is 29.8 Å². The highest BCUT2D eigenvalue weighted by Gasteiger charge is 2.37. The van der Waals surface area contributed by atoms with Crippen LogP contribution in [-0.2, 0) is 64.0 Å². The van der Waals surface area contributed by atoms with Crippen molar-refractivity contribution in [2.45, 2.75) is 194 Å². The number of nitrogens with one attached hydrogen (secondary N) is 9. The lowest BCUT2D eigenvalue weighted by Gasteiger charge is -2.30. The first-order valence-corrected chi connectivity index (χ1v) is 27.5. The molecule has 0 bridgehead atoms. The van der Waals surface area contributed by atoms with Crippen LogP contribution in [-0.4, -0.2) is 158 Å². The number of aromatic hydroxyl groups is 1. The summed E-state index contributed by atoms with van der Waals surface area (Å²) in [6, 6.07) is -7.15. The SMILES string of the molecule is CCC(C)C(NC(=O)C(CCC(=O)O)NC(=O)C(CCC(=O)O)NC(=O)C(CCC(=O)O)NC(=O)C(Cc1ccc(O)cc1)NC(=O)C(N)CC(C)C)C(=O)NC(CCC[NH+]=C(N)N)C(=O)NC(C(=O)NC(CC(C)C)C(C)=O)C(C)C. The Bertz CT molecular complexity index is 2380. The summed E-state index contributed by atoms with van der Waals surface area (Å²) in [5.74, 6) is -13.6. The van der Waals surface area contributed by atoms with Crippen LogP contribution in [0.2, 0.25) is 0 Å². The Hall–Kier alpha value is -7.91. The van der Waals surface area contributed by atoms with Gasteiger partial charge in [-0.2, -0.15) is 0 Å². The molecule has 0 fully saturated rings. The predicted molar refractivity (Wildman–Crippen MR) is 298 cm³/mol. The van der Waals surface area contributed by atoms with E-state index in [1.807, 2.05) is 27.7 Å². The molecular weight excluding hydrogens is 1070 g/mol. The minimum atomic E-state index is -1.84. The summed E-state index contributed by atoms with van der Waals surface area (Å²) in [6.45, 7) is 15.5. The first-order chi connectivity index (χ1) is 38.3. The zero-order valence-corrected chi connectivity index (χ0v) is 48.4. The van der Waals surface area contributed by atoms with Gasteiger partial charge in [-0.1, -0.05) is 73.9 Å². The molecule has 10 unspecified atom stereocenters. The third-order valence-electron chi connectivity index (χ3n) is 13.1. The Balaban J connectivity index is 3.68. The van der Waals surface area contributed by atoms with Gasteiger partial charge in [0.1, 0.15) is 48.0 Å². The number of amides is 8. The van der Waals surface area contributed by atoms with Crippen molar-refractivity contribution >= 4 is 76.9 Å². The van der Waals surface area contributed by atoms with Crippen molar-refractivity contribution in [2.24, 2.45) is 40.9 Å². The van der Waals surface area contributed by atoms with E-state index in [9.17, 15) is 78.0 Å². The van der Waals surface area contributed by atoms with Gasteiger partial charge < -0.3 is 68.7 Å². The van der Waals surface area contributed by atoms with Crippen LogP contribution in [0.15, 0.2) is 24.3 Å². The number of aliphatic carboxylic acids is 3. The molecular formula is C54H89N12O16+. The van der Waals surface area contributed by atoms with Gasteiger partial charge in [0, 0.05) is 25.7 Å². The zero-order valence-electron chi connectivity index (χ0n) is 48.4. The highest BCUT2D eigenvalue weighted by atomic mass is 16.4. The van der Waals surface area contributed by atoms with E-state index >= 15 is 0 Å². The molecule has 0 radical (unpaired) electrons. The lowest BCUT2D eigenvalue weighted by atomic mass is 9.96. The summed E-state index contributed by atoms with van der Waals surface area (Å²) < 4.78 is 0. The van der Waals surface area contributed by atoms with Crippen LogP contribution < -0.4 is 64.7 Å². The number of phenolic OH excluding ortho intramolecular Hbond substituents is 1. The molecule has 19 N–H and O–H groups in total. The Morgan fingerprint density at radius 3 is 1.28 bits per heavy atom. The molecule has 0 aliphatic heterocycles. The van der Waals surface area contributed by atoms with E-state index in [0.29, 0.717) is 12.0 Å². The number of hydrogen-bond donors (Lipinski definition) is 16. The van der Waals surface area contributed by atoms with Gasteiger partial charge in [-0.15, -0.1) is 0 Å². The van der Waals surface area contributed by atoms with Crippen LogP contribution in [0.3, 0.4) is 0 Å². The number of ketones is 1. The molecule has 0 aromatic heterocycles. The van der Waals surface area contributed by atoms with Gasteiger partial charge in [0.05, 0.1) is 18.6 Å². The van der Waals surface area contributed by atoms with Gasteiger partial charge in [-0.3, -0.25) is 74.0 Å². The highest BCUT2D eigenvalue weighted by molar-refractivity contribution is 5.98. The summed E-state index contributed by atoms with van der Waals surface area (Å²) in [7, 11) is 0. The number of Topliss-reactive ketones (excluding diaryl/α,β-unsaturated/α-hetero) is 1. The summed E-state index contributed by atoms with van der Waals surface area (Å²) in [5, 5.41) is 58.9. The molecule has 460 valence electrons. The summed E-state index contributed by atoms with van der Waals surface area (Å²) in [6.07, 6.45) is -3.40. The Kier molecular flexibility index (Phi) is 32.0. The molecule has 0 aliphatic rings. The van der Waals surface area contributed by atoms with Crippen molar-refractivity contribution in [1.82, 2.24) is 42.5 Å². The van der Waals surface area contributed by atoms with Gasteiger partial charge in [-0.25, -0.2) is 0 Å². The number of hydrogen-bond acceptors (Lipinski definition) is 14. The molecule has 1 rings (SSSR count).